The second-order valence-electron chi connectivity index (χ2n) is 7.84. The molecule has 0 aromatic rings. The van der Waals surface area contributed by atoms with Crippen molar-refractivity contribution in [2.45, 2.75) is 85.2 Å². The smallest absolute Gasteiger partial charge is 0.116 e. The van der Waals surface area contributed by atoms with E-state index in [1.807, 2.05) is 27.7 Å². The quantitative estimate of drug-likeness (QED) is 0.640. The molecule has 0 amide bonds. The molecule has 0 aliphatic carbocycles. The third kappa shape index (κ3) is 10.6. The van der Waals surface area contributed by atoms with Gasteiger partial charge in [0.2, 0.25) is 0 Å². The molecule has 0 fully saturated rings. The number of aliphatic hydroxyl groups excluding tert-OH is 1. The first-order valence-electron chi connectivity index (χ1n) is 7.58. The summed E-state index contributed by atoms with van der Waals surface area (Å²) in [6.07, 6.45) is 2.21. The van der Waals surface area contributed by atoms with Crippen molar-refractivity contribution < 1.29 is 14.6 Å². The van der Waals surface area contributed by atoms with Gasteiger partial charge in [-0.1, -0.05) is 20.8 Å². The van der Waals surface area contributed by atoms with E-state index in [2.05, 4.69) is 20.8 Å². The second-order valence-corrected chi connectivity index (χ2v) is 7.84. The Labute approximate surface area is 125 Å². The highest BCUT2D eigenvalue weighted by Gasteiger charge is 2.27. The van der Waals surface area contributed by atoms with Gasteiger partial charge in [-0.15, -0.1) is 0 Å². The molecular formula is C16H35NO3. The third-order valence-corrected chi connectivity index (χ3v) is 3.21. The molecule has 4 nitrogen and oxygen atoms in total. The zero-order chi connectivity index (χ0) is 16.0. The van der Waals surface area contributed by atoms with Gasteiger partial charge < -0.3 is 20.3 Å². The number of ether oxygens (including phenoxy) is 2. The molecule has 0 aliphatic heterocycles. The topological polar surface area (TPSA) is 64.7 Å². The second kappa shape index (κ2) is 7.74. The minimum atomic E-state index is -0.681. The summed E-state index contributed by atoms with van der Waals surface area (Å²) in [4.78, 5) is 0. The molecule has 0 saturated heterocycles. The monoisotopic (exact) mass is 289 g/mol. The van der Waals surface area contributed by atoms with E-state index in [-0.39, 0.29) is 23.7 Å². The van der Waals surface area contributed by atoms with Crippen molar-refractivity contribution in [1.29, 1.82) is 0 Å². The third-order valence-electron chi connectivity index (χ3n) is 3.21. The highest BCUT2D eigenvalue weighted by Crippen LogP contribution is 2.23. The van der Waals surface area contributed by atoms with Crippen molar-refractivity contribution in [1.82, 2.24) is 0 Å². The van der Waals surface area contributed by atoms with Crippen LogP contribution in [0.5, 0.6) is 0 Å². The fourth-order valence-corrected chi connectivity index (χ4v) is 2.13. The first-order chi connectivity index (χ1) is 8.87. The molecule has 0 radical (unpaired) electrons. The molecule has 0 saturated carbocycles. The van der Waals surface area contributed by atoms with E-state index in [1.54, 1.807) is 0 Å². The summed E-state index contributed by atoms with van der Waals surface area (Å²) < 4.78 is 11.7. The molecule has 0 bridgehead atoms. The molecule has 0 heterocycles. The van der Waals surface area contributed by atoms with Gasteiger partial charge in [0.25, 0.3) is 0 Å². The molecule has 0 aliphatic rings. The van der Waals surface area contributed by atoms with Crippen LogP contribution in [0.3, 0.4) is 0 Å². The molecule has 20 heavy (non-hydrogen) atoms. The molecule has 2 unspecified atom stereocenters. The van der Waals surface area contributed by atoms with Crippen LogP contribution in [-0.4, -0.2) is 35.8 Å². The molecule has 3 N–H and O–H groups in total. The Hall–Kier alpha value is -0.160. The highest BCUT2D eigenvalue weighted by atomic mass is 16.5. The van der Waals surface area contributed by atoms with Gasteiger partial charge in [0.15, 0.2) is 0 Å². The predicted octanol–water partition coefficient (Wildman–Crippen LogP) is 3.07. The van der Waals surface area contributed by atoms with E-state index in [0.29, 0.717) is 19.4 Å². The van der Waals surface area contributed by atoms with Crippen LogP contribution in [0.1, 0.15) is 67.7 Å². The Balaban J connectivity index is 4.18. The summed E-state index contributed by atoms with van der Waals surface area (Å²) in [7, 11) is 0. The maximum Gasteiger partial charge on any atom is 0.116 e. The zero-order valence-electron chi connectivity index (χ0n) is 14.5. The number of hydrogen-bond acceptors (Lipinski definition) is 4. The van der Waals surface area contributed by atoms with Crippen LogP contribution in [-0.2, 0) is 9.47 Å². The van der Waals surface area contributed by atoms with E-state index in [4.69, 9.17) is 20.3 Å². The Kier molecular flexibility index (Phi) is 7.67. The predicted molar refractivity (Wildman–Crippen MR) is 83.6 cm³/mol. The summed E-state index contributed by atoms with van der Waals surface area (Å²) in [5.41, 5.74) is 5.42. The van der Waals surface area contributed by atoms with Crippen LogP contribution < -0.4 is 5.73 Å². The lowest BCUT2D eigenvalue weighted by Crippen LogP contribution is -2.44. The average molecular weight is 289 g/mol. The van der Waals surface area contributed by atoms with Crippen LogP contribution in [0.15, 0.2) is 0 Å². The molecule has 2 atom stereocenters. The maximum absolute atomic E-state index is 9.01. The maximum atomic E-state index is 9.01. The lowest BCUT2D eigenvalue weighted by atomic mass is 9.93. The van der Waals surface area contributed by atoms with Crippen molar-refractivity contribution in [2.24, 2.45) is 11.1 Å². The summed E-state index contributed by atoms with van der Waals surface area (Å²) in [6.45, 7) is 15.2. The van der Waals surface area contributed by atoms with E-state index >= 15 is 0 Å². The molecule has 0 aromatic heterocycles. The first kappa shape index (κ1) is 19.8. The van der Waals surface area contributed by atoms with Crippen molar-refractivity contribution >= 4 is 0 Å². The van der Waals surface area contributed by atoms with Gasteiger partial charge in [-0.2, -0.15) is 0 Å². The van der Waals surface area contributed by atoms with Crippen LogP contribution in [0.4, 0.5) is 0 Å². The van der Waals surface area contributed by atoms with Crippen molar-refractivity contribution in [3.63, 3.8) is 0 Å². The number of rotatable bonds is 9. The summed E-state index contributed by atoms with van der Waals surface area (Å²) in [5, 5.41) is 9.01. The SMILES string of the molecule is CC(CC(C)(N)OCCC(C)(C)C)OC(C)(C)CCO. The van der Waals surface area contributed by atoms with Gasteiger partial charge in [0.1, 0.15) is 5.72 Å². The van der Waals surface area contributed by atoms with E-state index in [1.165, 1.54) is 0 Å². The number of aliphatic hydroxyl groups is 1. The molecule has 0 aromatic carbocycles. The number of hydrogen-bond donors (Lipinski definition) is 2. The van der Waals surface area contributed by atoms with Crippen molar-refractivity contribution in [3.05, 3.63) is 0 Å². The molecule has 122 valence electrons. The first-order valence-corrected chi connectivity index (χ1v) is 7.58. The van der Waals surface area contributed by atoms with Gasteiger partial charge in [-0.05, 0) is 46.0 Å². The normalized spacial score (nSPS) is 17.9. The van der Waals surface area contributed by atoms with E-state index in [9.17, 15) is 0 Å². The Morgan fingerprint density at radius 3 is 2.05 bits per heavy atom. The van der Waals surface area contributed by atoms with Crippen LogP contribution in [0.25, 0.3) is 0 Å². The lowest BCUT2D eigenvalue weighted by Gasteiger charge is -2.34. The summed E-state index contributed by atoms with van der Waals surface area (Å²) in [5.74, 6) is 0. The Bertz CT molecular complexity index is 269. The van der Waals surface area contributed by atoms with E-state index < -0.39 is 5.72 Å². The summed E-state index contributed by atoms with van der Waals surface area (Å²) >= 11 is 0. The fourth-order valence-electron chi connectivity index (χ4n) is 2.13. The minimum Gasteiger partial charge on any atom is -0.396 e. The van der Waals surface area contributed by atoms with Crippen LogP contribution in [0.2, 0.25) is 0 Å². The van der Waals surface area contributed by atoms with Gasteiger partial charge in [-0.25, -0.2) is 0 Å². The van der Waals surface area contributed by atoms with Crippen molar-refractivity contribution in [2.75, 3.05) is 13.2 Å². The van der Waals surface area contributed by atoms with Gasteiger partial charge >= 0.3 is 0 Å². The highest BCUT2D eigenvalue weighted by molar-refractivity contribution is 4.76. The fraction of sp³-hybridized carbons (Fsp3) is 1.00. The molecular weight excluding hydrogens is 254 g/mol. The van der Waals surface area contributed by atoms with Gasteiger partial charge in [0.05, 0.1) is 11.7 Å². The van der Waals surface area contributed by atoms with E-state index in [0.717, 1.165) is 6.42 Å². The van der Waals surface area contributed by atoms with Crippen LogP contribution >= 0.6 is 0 Å². The molecule has 0 spiro atoms. The zero-order valence-corrected chi connectivity index (χ0v) is 14.5. The Morgan fingerprint density at radius 2 is 1.60 bits per heavy atom. The van der Waals surface area contributed by atoms with Gasteiger partial charge in [0, 0.05) is 19.6 Å². The van der Waals surface area contributed by atoms with Crippen molar-refractivity contribution in [3.8, 4) is 0 Å². The largest absolute Gasteiger partial charge is 0.396 e. The van der Waals surface area contributed by atoms with Gasteiger partial charge in [-0.3, -0.25) is 0 Å². The summed E-state index contributed by atoms with van der Waals surface area (Å²) in [6, 6.07) is 0. The average Bonchev–Trinajstić information content (AvgIpc) is 2.11. The Morgan fingerprint density at radius 1 is 1.05 bits per heavy atom. The number of nitrogens with two attached hydrogens (primary N) is 1. The molecule has 0 rings (SSSR count). The van der Waals surface area contributed by atoms with Crippen LogP contribution in [0, 0.1) is 5.41 Å². The molecule has 4 heteroatoms. The lowest BCUT2D eigenvalue weighted by molar-refractivity contribution is -0.119. The minimum absolute atomic E-state index is 0.0128. The standard InChI is InChI=1S/C16H35NO3/c1-13(20-15(5,6)8-10-18)12-16(7,17)19-11-9-14(2,3)4/h13,18H,8-12,17H2,1-7H3.